The molecular formula is C10H8BrNO2S. The predicted molar refractivity (Wildman–Crippen MR) is 65.3 cm³/mol. The van der Waals surface area contributed by atoms with Crippen LogP contribution in [0.1, 0.15) is 9.67 Å². The molecule has 3 nitrogen and oxygen atoms in total. The maximum atomic E-state index is 11.4. The fourth-order valence-corrected chi connectivity index (χ4v) is 2.93. The molecular weight excluding hydrogens is 278 g/mol. The van der Waals surface area contributed by atoms with E-state index in [1.165, 1.54) is 18.4 Å². The van der Waals surface area contributed by atoms with E-state index in [9.17, 15) is 4.79 Å². The van der Waals surface area contributed by atoms with E-state index in [4.69, 9.17) is 5.73 Å². The van der Waals surface area contributed by atoms with Crippen LogP contribution in [0, 0.1) is 0 Å². The lowest BCUT2D eigenvalue weighted by Crippen LogP contribution is -2.01. The number of thiophene rings is 1. The largest absolute Gasteiger partial charge is 0.465 e. The van der Waals surface area contributed by atoms with Crippen LogP contribution in [0.25, 0.3) is 10.1 Å². The van der Waals surface area contributed by atoms with Crippen molar-refractivity contribution in [3.63, 3.8) is 0 Å². The monoisotopic (exact) mass is 285 g/mol. The van der Waals surface area contributed by atoms with E-state index in [2.05, 4.69) is 20.7 Å². The Kier molecular flexibility index (Phi) is 2.67. The van der Waals surface area contributed by atoms with Crippen LogP contribution in [0.3, 0.4) is 0 Å². The molecule has 1 aromatic heterocycles. The van der Waals surface area contributed by atoms with Gasteiger partial charge >= 0.3 is 5.97 Å². The number of anilines is 1. The molecule has 0 atom stereocenters. The molecule has 0 spiro atoms. The van der Waals surface area contributed by atoms with Gasteiger partial charge in [-0.1, -0.05) is 22.0 Å². The van der Waals surface area contributed by atoms with Crippen molar-refractivity contribution >= 4 is 49.0 Å². The number of esters is 1. The van der Waals surface area contributed by atoms with Gasteiger partial charge in [-0.25, -0.2) is 4.79 Å². The molecule has 0 bridgehead atoms. The zero-order chi connectivity index (χ0) is 11.0. The number of fused-ring (bicyclic) bond motifs is 1. The Labute approximate surface area is 99.0 Å². The third-order valence-corrected chi connectivity index (χ3v) is 3.70. The molecule has 1 aromatic carbocycles. The van der Waals surface area contributed by atoms with E-state index in [0.29, 0.717) is 10.6 Å². The molecule has 78 valence electrons. The van der Waals surface area contributed by atoms with Crippen molar-refractivity contribution in [3.05, 3.63) is 27.5 Å². The van der Waals surface area contributed by atoms with E-state index in [-0.39, 0.29) is 5.97 Å². The molecule has 0 fully saturated rings. The maximum Gasteiger partial charge on any atom is 0.350 e. The number of ether oxygens (including phenoxy) is 1. The first-order chi connectivity index (χ1) is 7.13. The first kappa shape index (κ1) is 10.4. The highest BCUT2D eigenvalue weighted by molar-refractivity contribution is 9.10. The van der Waals surface area contributed by atoms with Crippen LogP contribution in [0.5, 0.6) is 0 Å². The average molecular weight is 286 g/mol. The van der Waals surface area contributed by atoms with E-state index in [0.717, 1.165) is 14.6 Å². The SMILES string of the molecule is COC(=O)c1sc2cc(Br)ccc2c1N. The fraction of sp³-hybridized carbons (Fsp3) is 0.100. The number of carbonyl (C=O) groups excluding carboxylic acids is 1. The Hall–Kier alpha value is -1.07. The number of carbonyl (C=O) groups is 1. The van der Waals surface area contributed by atoms with Gasteiger partial charge in [0.15, 0.2) is 0 Å². The van der Waals surface area contributed by atoms with Crippen molar-refractivity contribution in [1.29, 1.82) is 0 Å². The van der Waals surface area contributed by atoms with E-state index >= 15 is 0 Å². The molecule has 0 amide bonds. The molecule has 0 aliphatic rings. The van der Waals surface area contributed by atoms with Crippen molar-refractivity contribution in [2.75, 3.05) is 12.8 Å². The number of halogens is 1. The third kappa shape index (κ3) is 1.72. The van der Waals surface area contributed by atoms with Gasteiger partial charge in [-0.05, 0) is 12.1 Å². The van der Waals surface area contributed by atoms with Crippen LogP contribution in [0.2, 0.25) is 0 Å². The molecule has 5 heteroatoms. The number of rotatable bonds is 1. The molecule has 1 heterocycles. The second-order valence-corrected chi connectivity index (χ2v) is 4.94. The molecule has 2 rings (SSSR count). The summed E-state index contributed by atoms with van der Waals surface area (Å²) in [5.41, 5.74) is 6.35. The van der Waals surface area contributed by atoms with Crippen molar-refractivity contribution in [2.45, 2.75) is 0 Å². The third-order valence-electron chi connectivity index (χ3n) is 2.06. The smallest absolute Gasteiger partial charge is 0.350 e. The van der Waals surface area contributed by atoms with Gasteiger partial charge in [-0.15, -0.1) is 11.3 Å². The highest BCUT2D eigenvalue weighted by Gasteiger charge is 2.16. The number of hydrogen-bond donors (Lipinski definition) is 1. The van der Waals surface area contributed by atoms with Crippen LogP contribution >= 0.6 is 27.3 Å². The molecule has 15 heavy (non-hydrogen) atoms. The van der Waals surface area contributed by atoms with Gasteiger partial charge in [-0.3, -0.25) is 0 Å². The lowest BCUT2D eigenvalue weighted by atomic mass is 10.2. The van der Waals surface area contributed by atoms with Gasteiger partial charge in [0, 0.05) is 14.6 Å². The summed E-state index contributed by atoms with van der Waals surface area (Å²) in [7, 11) is 1.35. The Morgan fingerprint density at radius 1 is 1.53 bits per heavy atom. The van der Waals surface area contributed by atoms with E-state index < -0.39 is 0 Å². The Morgan fingerprint density at radius 2 is 2.27 bits per heavy atom. The molecule has 0 saturated heterocycles. The summed E-state index contributed by atoms with van der Waals surface area (Å²) in [5.74, 6) is -0.384. The van der Waals surface area contributed by atoms with Gasteiger partial charge in [0.25, 0.3) is 0 Å². The van der Waals surface area contributed by atoms with Crippen LogP contribution in [-0.4, -0.2) is 13.1 Å². The Balaban J connectivity index is 2.69. The van der Waals surface area contributed by atoms with Crippen molar-refractivity contribution < 1.29 is 9.53 Å². The van der Waals surface area contributed by atoms with Gasteiger partial charge in [0.05, 0.1) is 12.8 Å². The van der Waals surface area contributed by atoms with Gasteiger partial charge in [-0.2, -0.15) is 0 Å². The number of nitrogens with two attached hydrogens (primary N) is 1. The van der Waals surface area contributed by atoms with Gasteiger partial charge in [0.2, 0.25) is 0 Å². The summed E-state index contributed by atoms with van der Waals surface area (Å²) in [5, 5.41) is 0.892. The van der Waals surface area contributed by atoms with Crippen LogP contribution in [0.4, 0.5) is 5.69 Å². The maximum absolute atomic E-state index is 11.4. The second-order valence-electron chi connectivity index (χ2n) is 2.98. The molecule has 0 radical (unpaired) electrons. The van der Waals surface area contributed by atoms with Crippen LogP contribution in [-0.2, 0) is 4.74 Å². The van der Waals surface area contributed by atoms with Crippen molar-refractivity contribution in [1.82, 2.24) is 0 Å². The minimum atomic E-state index is -0.384. The van der Waals surface area contributed by atoms with Crippen molar-refractivity contribution in [3.8, 4) is 0 Å². The average Bonchev–Trinajstić information content (AvgIpc) is 2.54. The normalized spacial score (nSPS) is 10.5. The van der Waals surface area contributed by atoms with Crippen molar-refractivity contribution in [2.24, 2.45) is 0 Å². The topological polar surface area (TPSA) is 52.3 Å². The summed E-state index contributed by atoms with van der Waals surface area (Å²) in [6.45, 7) is 0. The molecule has 0 aliphatic heterocycles. The van der Waals surface area contributed by atoms with E-state index in [1.807, 2.05) is 18.2 Å². The van der Waals surface area contributed by atoms with Gasteiger partial charge in [0.1, 0.15) is 4.88 Å². The minimum absolute atomic E-state index is 0.384. The number of hydrogen-bond acceptors (Lipinski definition) is 4. The highest BCUT2D eigenvalue weighted by atomic mass is 79.9. The lowest BCUT2D eigenvalue weighted by molar-refractivity contribution is 0.0607. The molecule has 0 unspecified atom stereocenters. The highest BCUT2D eigenvalue weighted by Crippen LogP contribution is 2.35. The molecule has 2 N–H and O–H groups in total. The molecule has 0 aliphatic carbocycles. The number of nitrogen functional groups attached to an aromatic ring is 1. The molecule has 0 saturated carbocycles. The fourth-order valence-electron chi connectivity index (χ4n) is 1.33. The number of benzene rings is 1. The summed E-state index contributed by atoms with van der Waals surface area (Å²) in [6.07, 6.45) is 0. The zero-order valence-electron chi connectivity index (χ0n) is 7.91. The van der Waals surface area contributed by atoms with E-state index in [1.54, 1.807) is 0 Å². The lowest BCUT2D eigenvalue weighted by Gasteiger charge is -1.95. The second kappa shape index (κ2) is 3.83. The summed E-state index contributed by atoms with van der Waals surface area (Å²) in [4.78, 5) is 11.8. The summed E-state index contributed by atoms with van der Waals surface area (Å²) >= 11 is 4.71. The number of methoxy groups -OCH3 is 1. The van der Waals surface area contributed by atoms with Crippen LogP contribution in [0.15, 0.2) is 22.7 Å². The first-order valence-corrected chi connectivity index (χ1v) is 5.80. The first-order valence-electron chi connectivity index (χ1n) is 4.19. The molecule has 2 aromatic rings. The predicted octanol–water partition coefficient (Wildman–Crippen LogP) is 3.03. The minimum Gasteiger partial charge on any atom is -0.465 e. The van der Waals surface area contributed by atoms with Gasteiger partial charge < -0.3 is 10.5 Å². The van der Waals surface area contributed by atoms with Crippen LogP contribution < -0.4 is 5.73 Å². The zero-order valence-corrected chi connectivity index (χ0v) is 10.3. The standard InChI is InChI=1S/C10H8BrNO2S/c1-14-10(13)9-8(12)6-3-2-5(11)4-7(6)15-9/h2-4H,12H2,1H3. The Bertz CT molecular complexity index is 535. The summed E-state index contributed by atoms with van der Waals surface area (Å²) in [6, 6.07) is 5.72. The summed E-state index contributed by atoms with van der Waals surface area (Å²) < 4.78 is 6.60. The Morgan fingerprint density at radius 3 is 2.93 bits per heavy atom. The quantitative estimate of drug-likeness (QED) is 0.820.